The largest absolute Gasteiger partial charge is 0.345 e. The first-order valence-electron chi connectivity index (χ1n) is 8.06. The highest BCUT2D eigenvalue weighted by Crippen LogP contribution is 2.18. The number of hydrogen-bond acceptors (Lipinski definition) is 6. The van der Waals surface area contributed by atoms with Crippen LogP contribution in [0.4, 0.5) is 4.39 Å². The molecule has 0 unspecified atom stereocenters. The van der Waals surface area contributed by atoms with Crippen LogP contribution >= 0.6 is 0 Å². The number of benzene rings is 1. The van der Waals surface area contributed by atoms with Crippen molar-refractivity contribution in [3.8, 4) is 0 Å². The van der Waals surface area contributed by atoms with Crippen molar-refractivity contribution in [1.82, 2.24) is 15.5 Å². The summed E-state index contributed by atoms with van der Waals surface area (Å²) in [6.45, 7) is 0. The molecule has 1 aliphatic carbocycles. The smallest absolute Gasteiger partial charge is 0.315 e. The predicted molar refractivity (Wildman–Crippen MR) is 86.2 cm³/mol. The molecule has 1 N–H and O–H groups in total. The number of aromatic nitrogens is 2. The van der Waals surface area contributed by atoms with E-state index in [0.29, 0.717) is 0 Å². The molecule has 1 aromatic heterocycles. The summed E-state index contributed by atoms with van der Waals surface area (Å²) in [5.74, 6) is -1.23. The zero-order chi connectivity index (χ0) is 17.9. The third-order valence-electron chi connectivity index (χ3n) is 4.12. The Morgan fingerprint density at radius 3 is 2.60 bits per heavy atom. The van der Waals surface area contributed by atoms with Crippen LogP contribution in [-0.4, -0.2) is 36.3 Å². The van der Waals surface area contributed by atoms with Gasteiger partial charge in [-0.15, -0.1) is 0 Å². The van der Waals surface area contributed by atoms with Gasteiger partial charge in [0.15, 0.2) is 15.7 Å². The zero-order valence-electron chi connectivity index (χ0n) is 13.4. The Hall–Kier alpha value is -2.29. The first-order valence-corrected chi connectivity index (χ1v) is 9.71. The van der Waals surface area contributed by atoms with Gasteiger partial charge in [0, 0.05) is 12.5 Å². The van der Waals surface area contributed by atoms with E-state index in [2.05, 4.69) is 15.5 Å². The van der Waals surface area contributed by atoms with E-state index in [1.807, 2.05) is 0 Å². The number of carbonyl (C=O) groups excluding carboxylic acids is 1. The van der Waals surface area contributed by atoms with Crippen molar-refractivity contribution in [3.63, 3.8) is 0 Å². The summed E-state index contributed by atoms with van der Waals surface area (Å²) in [5, 5.41) is 6.47. The fraction of sp³-hybridized carbons (Fsp3) is 0.438. The molecule has 1 saturated carbocycles. The summed E-state index contributed by atoms with van der Waals surface area (Å²) in [7, 11) is -3.59. The van der Waals surface area contributed by atoms with Crippen LogP contribution < -0.4 is 5.32 Å². The number of sulfone groups is 1. The van der Waals surface area contributed by atoms with E-state index in [1.165, 1.54) is 12.1 Å². The molecular formula is C16H18FN3O4S. The van der Waals surface area contributed by atoms with Crippen LogP contribution in [-0.2, 0) is 16.3 Å². The van der Waals surface area contributed by atoms with Crippen molar-refractivity contribution >= 4 is 15.7 Å². The second-order valence-corrected chi connectivity index (χ2v) is 8.10. The number of amides is 1. The third kappa shape index (κ3) is 4.41. The molecule has 1 aromatic carbocycles. The highest BCUT2D eigenvalue weighted by Gasteiger charge is 2.22. The molecule has 1 amide bonds. The van der Waals surface area contributed by atoms with Gasteiger partial charge in [-0.1, -0.05) is 18.0 Å². The van der Waals surface area contributed by atoms with Crippen LogP contribution in [0.1, 0.15) is 42.2 Å². The highest BCUT2D eigenvalue weighted by atomic mass is 32.2. The number of carbonyl (C=O) groups is 1. The molecule has 0 spiro atoms. The van der Waals surface area contributed by atoms with E-state index < -0.39 is 21.6 Å². The van der Waals surface area contributed by atoms with Crippen molar-refractivity contribution in [2.24, 2.45) is 0 Å². The molecular weight excluding hydrogens is 349 g/mol. The van der Waals surface area contributed by atoms with E-state index in [1.54, 1.807) is 0 Å². The molecule has 3 rings (SSSR count). The van der Waals surface area contributed by atoms with Crippen molar-refractivity contribution in [2.45, 2.75) is 43.0 Å². The van der Waals surface area contributed by atoms with Gasteiger partial charge in [0.1, 0.15) is 5.82 Å². The van der Waals surface area contributed by atoms with E-state index in [4.69, 9.17) is 4.52 Å². The van der Waals surface area contributed by atoms with Gasteiger partial charge in [0.05, 0.1) is 10.6 Å². The lowest BCUT2D eigenvalue weighted by atomic mass is 10.2. The van der Waals surface area contributed by atoms with E-state index in [9.17, 15) is 17.6 Å². The Morgan fingerprint density at radius 1 is 1.24 bits per heavy atom. The van der Waals surface area contributed by atoms with Gasteiger partial charge in [-0.25, -0.2) is 12.8 Å². The molecule has 0 saturated heterocycles. The summed E-state index contributed by atoms with van der Waals surface area (Å²) in [6, 6.07) is 4.73. The standard InChI is InChI=1S/C16H18FN3O4S/c17-11-5-7-13(8-6-11)25(22,23)10-9-14-19-16(24-20-14)15(21)18-12-3-1-2-4-12/h5-8,12H,1-4,9-10H2,(H,18,21). The normalized spacial score (nSPS) is 15.4. The quantitative estimate of drug-likeness (QED) is 0.783. The number of aryl methyl sites for hydroxylation is 1. The summed E-state index contributed by atoms with van der Waals surface area (Å²) >= 11 is 0. The van der Waals surface area contributed by atoms with Crippen LogP contribution in [0.2, 0.25) is 0 Å². The topological polar surface area (TPSA) is 102 Å². The lowest BCUT2D eigenvalue weighted by Gasteiger charge is -2.08. The van der Waals surface area contributed by atoms with Crippen LogP contribution in [0.25, 0.3) is 0 Å². The summed E-state index contributed by atoms with van der Waals surface area (Å²) in [6.07, 6.45) is 4.04. The molecule has 7 nitrogen and oxygen atoms in total. The van der Waals surface area contributed by atoms with Crippen molar-refractivity contribution in [1.29, 1.82) is 0 Å². The van der Waals surface area contributed by atoms with Gasteiger partial charge < -0.3 is 9.84 Å². The van der Waals surface area contributed by atoms with Crippen LogP contribution in [0.3, 0.4) is 0 Å². The maximum absolute atomic E-state index is 12.9. The molecule has 2 aromatic rings. The average molecular weight is 367 g/mol. The SMILES string of the molecule is O=C(NC1CCCC1)c1nc(CCS(=O)(=O)c2ccc(F)cc2)no1. The van der Waals surface area contributed by atoms with Crippen LogP contribution in [0.5, 0.6) is 0 Å². The van der Waals surface area contributed by atoms with Gasteiger partial charge in [-0.3, -0.25) is 4.79 Å². The van der Waals surface area contributed by atoms with E-state index >= 15 is 0 Å². The Bertz CT molecular complexity index is 843. The second-order valence-electron chi connectivity index (χ2n) is 5.99. The molecule has 0 bridgehead atoms. The molecule has 9 heteroatoms. The second kappa shape index (κ2) is 7.30. The molecule has 0 aliphatic heterocycles. The minimum atomic E-state index is -3.59. The van der Waals surface area contributed by atoms with Crippen LogP contribution in [0.15, 0.2) is 33.7 Å². The minimum Gasteiger partial charge on any atom is -0.345 e. The van der Waals surface area contributed by atoms with Gasteiger partial charge in [-0.05, 0) is 37.1 Å². The Balaban J connectivity index is 1.59. The summed E-state index contributed by atoms with van der Waals surface area (Å²) < 4.78 is 42.2. The van der Waals surface area contributed by atoms with Crippen molar-refractivity contribution in [2.75, 3.05) is 5.75 Å². The molecule has 134 valence electrons. The molecule has 1 fully saturated rings. The number of nitrogens with zero attached hydrogens (tertiary/aromatic N) is 2. The lowest BCUT2D eigenvalue weighted by Crippen LogP contribution is -2.32. The molecule has 0 radical (unpaired) electrons. The van der Waals surface area contributed by atoms with E-state index in [0.717, 1.165) is 37.8 Å². The zero-order valence-corrected chi connectivity index (χ0v) is 14.3. The number of halogens is 1. The van der Waals surface area contributed by atoms with Crippen molar-refractivity contribution < 1.29 is 22.1 Å². The fourth-order valence-corrected chi connectivity index (χ4v) is 3.99. The maximum atomic E-state index is 12.9. The highest BCUT2D eigenvalue weighted by molar-refractivity contribution is 7.91. The Morgan fingerprint density at radius 2 is 1.92 bits per heavy atom. The third-order valence-corrected chi connectivity index (χ3v) is 5.85. The molecule has 25 heavy (non-hydrogen) atoms. The van der Waals surface area contributed by atoms with Crippen molar-refractivity contribution in [3.05, 3.63) is 41.8 Å². The maximum Gasteiger partial charge on any atom is 0.315 e. The average Bonchev–Trinajstić information content (AvgIpc) is 3.25. The van der Waals surface area contributed by atoms with Gasteiger partial charge in [0.25, 0.3) is 0 Å². The molecule has 1 heterocycles. The summed E-state index contributed by atoms with van der Waals surface area (Å²) in [5.41, 5.74) is 0. The molecule has 0 atom stereocenters. The first kappa shape index (κ1) is 17.5. The Labute approximate surface area is 144 Å². The number of nitrogens with one attached hydrogen (secondary N) is 1. The monoisotopic (exact) mass is 367 g/mol. The van der Waals surface area contributed by atoms with Gasteiger partial charge >= 0.3 is 11.8 Å². The molecule has 1 aliphatic rings. The fourth-order valence-electron chi connectivity index (χ4n) is 2.75. The Kier molecular flexibility index (Phi) is 5.12. The van der Waals surface area contributed by atoms with Gasteiger partial charge in [-0.2, -0.15) is 4.98 Å². The number of rotatable bonds is 6. The van der Waals surface area contributed by atoms with E-state index in [-0.39, 0.29) is 34.8 Å². The first-order chi connectivity index (χ1) is 11.9. The van der Waals surface area contributed by atoms with Crippen LogP contribution in [0, 0.1) is 5.82 Å². The predicted octanol–water partition coefficient (Wildman–Crippen LogP) is 1.90. The lowest BCUT2D eigenvalue weighted by molar-refractivity contribution is 0.0893. The van der Waals surface area contributed by atoms with Gasteiger partial charge in [0.2, 0.25) is 0 Å². The minimum absolute atomic E-state index is 0.0000810. The number of hydrogen-bond donors (Lipinski definition) is 1. The summed E-state index contributed by atoms with van der Waals surface area (Å²) in [4.78, 5) is 16.0.